The summed E-state index contributed by atoms with van der Waals surface area (Å²) in [5.74, 6) is 0.580. The minimum absolute atomic E-state index is 0.0958. The van der Waals surface area contributed by atoms with E-state index < -0.39 is 9.85 Å². The van der Waals surface area contributed by atoms with E-state index >= 15 is 0 Å². The molecule has 0 unspecified atom stereocenters. The van der Waals surface area contributed by atoms with Crippen molar-refractivity contribution in [3.8, 4) is 17.4 Å². The number of hydrogen-bond acceptors (Lipinski definition) is 6. The van der Waals surface area contributed by atoms with Crippen LogP contribution >= 0.6 is 0 Å². The maximum absolute atomic E-state index is 11.2. The van der Waals surface area contributed by atoms with Crippen LogP contribution in [0.4, 0.5) is 11.4 Å². The van der Waals surface area contributed by atoms with Crippen LogP contribution in [0.15, 0.2) is 65.1 Å². The molecule has 0 N–H and O–H groups in total. The number of nitro benzene ring substituents is 2. The molecule has 0 spiro atoms. The highest BCUT2D eigenvalue weighted by Crippen LogP contribution is 2.32. The second kappa shape index (κ2) is 7.33. The predicted molar refractivity (Wildman–Crippen MR) is 97.4 cm³/mol. The van der Waals surface area contributed by atoms with Crippen LogP contribution in [0.5, 0.6) is 0 Å². The summed E-state index contributed by atoms with van der Waals surface area (Å²) < 4.78 is 5.63. The zero-order valence-electron chi connectivity index (χ0n) is 13.7. The van der Waals surface area contributed by atoms with E-state index in [1.54, 1.807) is 36.4 Å². The van der Waals surface area contributed by atoms with Gasteiger partial charge in [0.25, 0.3) is 11.4 Å². The maximum atomic E-state index is 11.2. The second-order valence-corrected chi connectivity index (χ2v) is 5.45. The van der Waals surface area contributed by atoms with Crippen molar-refractivity contribution in [1.29, 1.82) is 5.26 Å². The second-order valence-electron chi connectivity index (χ2n) is 5.45. The van der Waals surface area contributed by atoms with E-state index in [2.05, 4.69) is 0 Å². The zero-order valence-corrected chi connectivity index (χ0v) is 13.7. The number of nitriles is 1. The van der Waals surface area contributed by atoms with Gasteiger partial charge in [0.2, 0.25) is 0 Å². The summed E-state index contributed by atoms with van der Waals surface area (Å²) in [5, 5.41) is 31.4. The van der Waals surface area contributed by atoms with Crippen LogP contribution in [0.1, 0.15) is 11.3 Å². The largest absolute Gasteiger partial charge is 0.456 e. The van der Waals surface area contributed by atoms with Gasteiger partial charge in [-0.25, -0.2) is 0 Å². The molecule has 0 fully saturated rings. The van der Waals surface area contributed by atoms with E-state index in [0.29, 0.717) is 16.9 Å². The summed E-state index contributed by atoms with van der Waals surface area (Å²) in [6.07, 6.45) is 1.43. The fraction of sp³-hybridized carbons (Fsp3) is 0. The third-order valence-corrected chi connectivity index (χ3v) is 3.77. The van der Waals surface area contributed by atoms with Crippen molar-refractivity contribution < 1.29 is 14.3 Å². The van der Waals surface area contributed by atoms with E-state index in [1.807, 2.05) is 6.07 Å². The first kappa shape index (κ1) is 17.6. The number of hydrogen-bond donors (Lipinski definition) is 0. The molecule has 0 saturated heterocycles. The Hall–Kier alpha value is -4.25. The summed E-state index contributed by atoms with van der Waals surface area (Å²) >= 11 is 0. The third kappa shape index (κ3) is 3.72. The molecule has 0 bridgehead atoms. The lowest BCUT2D eigenvalue weighted by Gasteiger charge is -2.00. The number of para-hydroxylation sites is 1. The van der Waals surface area contributed by atoms with Crippen molar-refractivity contribution in [3.05, 3.63) is 92.2 Å². The van der Waals surface area contributed by atoms with Gasteiger partial charge in [0.15, 0.2) is 0 Å². The monoisotopic (exact) mass is 361 g/mol. The van der Waals surface area contributed by atoms with E-state index in [1.165, 1.54) is 30.3 Å². The third-order valence-electron chi connectivity index (χ3n) is 3.77. The first-order valence-electron chi connectivity index (χ1n) is 7.70. The lowest BCUT2D eigenvalue weighted by atomic mass is 10.1. The number of nitrogens with zero attached hydrogens (tertiary/aromatic N) is 3. The molecule has 3 aromatic rings. The molecule has 27 heavy (non-hydrogen) atoms. The Bertz CT molecular complexity index is 1110. The molecule has 0 aliphatic carbocycles. The highest BCUT2D eigenvalue weighted by Gasteiger charge is 2.17. The minimum atomic E-state index is -0.544. The molecule has 2 aromatic carbocycles. The van der Waals surface area contributed by atoms with Gasteiger partial charge in [-0.2, -0.15) is 5.26 Å². The number of benzene rings is 2. The summed E-state index contributed by atoms with van der Waals surface area (Å²) in [4.78, 5) is 21.0. The topological polar surface area (TPSA) is 123 Å². The smallest absolute Gasteiger partial charge is 0.280 e. The molecule has 0 amide bonds. The van der Waals surface area contributed by atoms with Crippen molar-refractivity contribution in [2.24, 2.45) is 0 Å². The highest BCUT2D eigenvalue weighted by atomic mass is 16.6. The van der Waals surface area contributed by atoms with E-state index in [4.69, 9.17) is 4.42 Å². The highest BCUT2D eigenvalue weighted by molar-refractivity contribution is 5.89. The molecule has 0 aliphatic heterocycles. The van der Waals surface area contributed by atoms with Gasteiger partial charge < -0.3 is 4.42 Å². The van der Waals surface area contributed by atoms with Crippen LogP contribution < -0.4 is 0 Å². The lowest BCUT2D eigenvalue weighted by molar-refractivity contribution is -0.384. The normalized spacial score (nSPS) is 11.0. The molecule has 0 saturated carbocycles. The van der Waals surface area contributed by atoms with Crippen LogP contribution in [-0.4, -0.2) is 9.85 Å². The van der Waals surface area contributed by atoms with Crippen molar-refractivity contribution in [2.45, 2.75) is 0 Å². The molecule has 3 rings (SSSR count). The van der Waals surface area contributed by atoms with Crippen LogP contribution in [0.3, 0.4) is 0 Å². The SMILES string of the molecule is N#C/C(=C\c1ccc(-c2ccccc2[N+](=O)[O-])o1)c1cccc([N+](=O)[O-])c1. The number of rotatable bonds is 5. The molecule has 0 radical (unpaired) electrons. The van der Waals surface area contributed by atoms with Gasteiger partial charge >= 0.3 is 0 Å². The summed E-state index contributed by atoms with van der Waals surface area (Å²) in [5.41, 5.74) is 0.628. The minimum Gasteiger partial charge on any atom is -0.456 e. The molecule has 8 heteroatoms. The van der Waals surface area contributed by atoms with E-state index in [0.717, 1.165) is 0 Å². The van der Waals surface area contributed by atoms with Gasteiger partial charge in [0, 0.05) is 18.2 Å². The van der Waals surface area contributed by atoms with Crippen molar-refractivity contribution in [3.63, 3.8) is 0 Å². The van der Waals surface area contributed by atoms with Crippen molar-refractivity contribution in [2.75, 3.05) is 0 Å². The first-order valence-corrected chi connectivity index (χ1v) is 7.70. The number of non-ortho nitro benzene ring substituents is 1. The summed E-state index contributed by atoms with van der Waals surface area (Å²) in [7, 11) is 0. The van der Waals surface area contributed by atoms with Gasteiger partial charge in [-0.05, 0) is 29.8 Å². The molecule has 8 nitrogen and oxygen atoms in total. The average molecular weight is 361 g/mol. The molecule has 1 aromatic heterocycles. The number of allylic oxidation sites excluding steroid dienone is 1. The molecular formula is C19H11N3O5. The van der Waals surface area contributed by atoms with Gasteiger partial charge in [0.1, 0.15) is 11.5 Å². The predicted octanol–water partition coefficient (Wildman–Crippen LogP) is 4.83. The fourth-order valence-corrected chi connectivity index (χ4v) is 2.53. The Morgan fingerprint density at radius 2 is 1.78 bits per heavy atom. The van der Waals surface area contributed by atoms with Gasteiger partial charge in [-0.1, -0.05) is 24.3 Å². The van der Waals surface area contributed by atoms with E-state index in [9.17, 15) is 25.5 Å². The Labute approximate surface area is 152 Å². The Morgan fingerprint density at radius 1 is 1.00 bits per heavy atom. The lowest BCUT2D eigenvalue weighted by Crippen LogP contribution is -1.90. The number of nitro groups is 2. The maximum Gasteiger partial charge on any atom is 0.280 e. The van der Waals surface area contributed by atoms with Crippen LogP contribution in [0.25, 0.3) is 23.0 Å². The standard InChI is InChI=1S/C19H11N3O5/c20-12-14(13-4-3-5-15(10-13)21(23)24)11-16-8-9-19(27-16)17-6-1-2-7-18(17)22(25)26/h1-11H/b14-11+. The Balaban J connectivity index is 1.99. The molecule has 0 aliphatic rings. The van der Waals surface area contributed by atoms with Crippen LogP contribution in [0, 0.1) is 31.6 Å². The van der Waals surface area contributed by atoms with E-state index in [-0.39, 0.29) is 22.7 Å². The van der Waals surface area contributed by atoms with Gasteiger partial charge in [-0.3, -0.25) is 20.2 Å². The molecular weight excluding hydrogens is 350 g/mol. The Morgan fingerprint density at radius 3 is 2.48 bits per heavy atom. The fourth-order valence-electron chi connectivity index (χ4n) is 2.53. The van der Waals surface area contributed by atoms with Crippen molar-refractivity contribution >= 4 is 23.0 Å². The summed E-state index contributed by atoms with van der Waals surface area (Å²) in [6, 6.07) is 17.0. The van der Waals surface area contributed by atoms with Crippen molar-refractivity contribution in [1.82, 2.24) is 0 Å². The first-order chi connectivity index (χ1) is 13.0. The van der Waals surface area contributed by atoms with Gasteiger partial charge in [0.05, 0.1) is 27.1 Å². The summed E-state index contributed by atoms with van der Waals surface area (Å²) in [6.45, 7) is 0. The van der Waals surface area contributed by atoms with Crippen LogP contribution in [0.2, 0.25) is 0 Å². The Kier molecular flexibility index (Phi) is 4.77. The number of furan rings is 1. The van der Waals surface area contributed by atoms with Gasteiger partial charge in [-0.15, -0.1) is 0 Å². The molecule has 0 atom stereocenters. The molecule has 1 heterocycles. The average Bonchev–Trinajstić information content (AvgIpc) is 3.14. The zero-order chi connectivity index (χ0) is 19.4. The molecule has 132 valence electrons. The van der Waals surface area contributed by atoms with Crippen LogP contribution in [-0.2, 0) is 0 Å². The quantitative estimate of drug-likeness (QED) is 0.364.